The van der Waals surface area contributed by atoms with Gasteiger partial charge in [-0.15, -0.1) is 0 Å². The second kappa shape index (κ2) is 3.40. The van der Waals surface area contributed by atoms with Gasteiger partial charge in [-0.1, -0.05) is 30.3 Å². The molecular weight excluding hydrogens is 180 g/mol. The molecule has 1 atom stereocenters. The lowest BCUT2D eigenvalue weighted by atomic mass is 10.0. The van der Waals surface area contributed by atoms with Crippen molar-refractivity contribution in [2.45, 2.75) is 5.72 Å². The summed E-state index contributed by atoms with van der Waals surface area (Å²) >= 11 is 0. The van der Waals surface area contributed by atoms with Crippen molar-refractivity contribution in [3.8, 4) is 0 Å². The number of carbonyl (C=O) groups is 1. The number of carbonyl (C=O) groups excluding carboxylic acids is 1. The molecule has 0 aliphatic carbocycles. The maximum Gasteiger partial charge on any atom is 0.248 e. The van der Waals surface area contributed by atoms with E-state index < -0.39 is 5.72 Å². The lowest BCUT2D eigenvalue weighted by Gasteiger charge is -2.26. The average Bonchev–Trinajstić information content (AvgIpc) is 2.63. The Balaban J connectivity index is 2.34. The second-order valence-corrected chi connectivity index (χ2v) is 3.23. The molecule has 0 radical (unpaired) electrons. The summed E-state index contributed by atoms with van der Waals surface area (Å²) in [5.41, 5.74) is 5.68. The summed E-state index contributed by atoms with van der Waals surface area (Å²) in [6, 6.07) is 9.46. The van der Waals surface area contributed by atoms with E-state index in [4.69, 9.17) is 10.5 Å². The van der Waals surface area contributed by atoms with Crippen molar-refractivity contribution in [3.05, 3.63) is 35.9 Å². The van der Waals surface area contributed by atoms with Crippen molar-refractivity contribution in [2.75, 3.05) is 13.2 Å². The van der Waals surface area contributed by atoms with Gasteiger partial charge in [0.25, 0.3) is 0 Å². The highest BCUT2D eigenvalue weighted by molar-refractivity contribution is 5.80. The molecule has 1 heterocycles. The molecule has 1 unspecified atom stereocenters. The summed E-state index contributed by atoms with van der Waals surface area (Å²) in [4.78, 5) is 11.1. The minimum Gasteiger partial charge on any atom is -0.340 e. The fraction of sp³-hybridized carbons (Fsp3) is 0.300. The third-order valence-electron chi connectivity index (χ3n) is 2.32. The molecule has 1 aromatic rings. The maximum absolute atomic E-state index is 11.1. The molecule has 0 spiro atoms. The molecule has 74 valence electrons. The van der Waals surface area contributed by atoms with Gasteiger partial charge < -0.3 is 15.8 Å². The zero-order chi connectivity index (χ0) is 10.0. The average molecular weight is 192 g/mol. The van der Waals surface area contributed by atoms with Gasteiger partial charge in [0.1, 0.15) is 6.61 Å². The van der Waals surface area contributed by atoms with Crippen molar-refractivity contribution in [2.24, 2.45) is 5.73 Å². The van der Waals surface area contributed by atoms with Crippen LogP contribution in [0.4, 0.5) is 0 Å². The van der Waals surface area contributed by atoms with E-state index in [9.17, 15) is 4.79 Å². The quantitative estimate of drug-likeness (QED) is 0.690. The van der Waals surface area contributed by atoms with Crippen molar-refractivity contribution < 1.29 is 9.53 Å². The van der Waals surface area contributed by atoms with Crippen LogP contribution >= 0.6 is 0 Å². The van der Waals surface area contributed by atoms with Crippen molar-refractivity contribution in [1.82, 2.24) is 5.32 Å². The molecule has 0 aromatic heterocycles. The number of nitrogens with two attached hydrogens (primary N) is 1. The van der Waals surface area contributed by atoms with E-state index in [1.807, 2.05) is 30.3 Å². The lowest BCUT2D eigenvalue weighted by molar-refractivity contribution is -0.119. The topological polar surface area (TPSA) is 64.3 Å². The predicted molar refractivity (Wildman–Crippen MR) is 51.3 cm³/mol. The molecular formula is C10H12N2O2. The van der Waals surface area contributed by atoms with Gasteiger partial charge in [-0.3, -0.25) is 4.79 Å². The minimum atomic E-state index is -0.821. The van der Waals surface area contributed by atoms with E-state index in [0.29, 0.717) is 0 Å². The zero-order valence-corrected chi connectivity index (χ0v) is 7.69. The third-order valence-corrected chi connectivity index (χ3v) is 2.32. The molecule has 3 N–H and O–H groups in total. The summed E-state index contributed by atoms with van der Waals surface area (Å²) in [6.45, 7) is 0.314. The van der Waals surface area contributed by atoms with Crippen LogP contribution in [0.5, 0.6) is 0 Å². The van der Waals surface area contributed by atoms with Gasteiger partial charge in [0.2, 0.25) is 5.91 Å². The first-order chi connectivity index (χ1) is 6.77. The lowest BCUT2D eigenvalue weighted by Crippen LogP contribution is -2.46. The highest BCUT2D eigenvalue weighted by Crippen LogP contribution is 2.24. The fourth-order valence-corrected chi connectivity index (χ4v) is 1.58. The van der Waals surface area contributed by atoms with Crippen LogP contribution < -0.4 is 11.1 Å². The Morgan fingerprint density at radius 3 is 2.64 bits per heavy atom. The van der Waals surface area contributed by atoms with Crippen LogP contribution in [-0.2, 0) is 15.3 Å². The molecule has 4 nitrogen and oxygen atoms in total. The summed E-state index contributed by atoms with van der Waals surface area (Å²) in [5, 5.41) is 2.75. The molecule has 1 aromatic carbocycles. The van der Waals surface area contributed by atoms with Crippen LogP contribution in [0.3, 0.4) is 0 Å². The van der Waals surface area contributed by atoms with E-state index in [1.54, 1.807) is 0 Å². The van der Waals surface area contributed by atoms with E-state index in [-0.39, 0.29) is 19.1 Å². The number of hydrogen-bond donors (Lipinski definition) is 2. The Kier molecular flexibility index (Phi) is 2.23. The Hall–Kier alpha value is -1.39. The highest BCUT2D eigenvalue weighted by Gasteiger charge is 2.39. The van der Waals surface area contributed by atoms with Crippen LogP contribution in [0.15, 0.2) is 30.3 Å². The molecule has 0 saturated carbocycles. The van der Waals surface area contributed by atoms with Gasteiger partial charge in [0, 0.05) is 12.1 Å². The van der Waals surface area contributed by atoms with Crippen LogP contribution in [0.2, 0.25) is 0 Å². The number of amides is 1. The monoisotopic (exact) mass is 192 g/mol. The minimum absolute atomic E-state index is 0.0755. The Morgan fingerprint density at radius 1 is 1.43 bits per heavy atom. The summed E-state index contributed by atoms with van der Waals surface area (Å²) in [6.07, 6.45) is 0. The SMILES string of the molecule is NCC1(c2ccccc2)NC(=O)CO1. The first-order valence-corrected chi connectivity index (χ1v) is 4.47. The Morgan fingerprint density at radius 2 is 2.14 bits per heavy atom. The van der Waals surface area contributed by atoms with Crippen LogP contribution in [0, 0.1) is 0 Å². The predicted octanol–water partition coefficient (Wildman–Crippen LogP) is -0.0555. The molecule has 4 heteroatoms. The molecule has 0 bridgehead atoms. The number of benzene rings is 1. The van der Waals surface area contributed by atoms with Crippen molar-refractivity contribution >= 4 is 5.91 Å². The largest absolute Gasteiger partial charge is 0.340 e. The number of nitrogens with one attached hydrogen (secondary N) is 1. The fourth-order valence-electron chi connectivity index (χ4n) is 1.58. The molecule has 1 saturated heterocycles. The van der Waals surface area contributed by atoms with Gasteiger partial charge in [-0.25, -0.2) is 0 Å². The van der Waals surface area contributed by atoms with Crippen molar-refractivity contribution in [3.63, 3.8) is 0 Å². The number of rotatable bonds is 2. The van der Waals surface area contributed by atoms with E-state index in [1.165, 1.54) is 0 Å². The molecule has 1 aliphatic heterocycles. The van der Waals surface area contributed by atoms with Crippen molar-refractivity contribution in [1.29, 1.82) is 0 Å². The second-order valence-electron chi connectivity index (χ2n) is 3.23. The third kappa shape index (κ3) is 1.38. The van der Waals surface area contributed by atoms with Crippen LogP contribution in [-0.4, -0.2) is 19.1 Å². The Labute approximate surface area is 82.1 Å². The number of hydrogen-bond acceptors (Lipinski definition) is 3. The maximum atomic E-state index is 11.1. The van der Waals surface area contributed by atoms with Gasteiger partial charge in [-0.2, -0.15) is 0 Å². The normalized spacial score (nSPS) is 26.2. The zero-order valence-electron chi connectivity index (χ0n) is 7.69. The van der Waals surface area contributed by atoms with Crippen LogP contribution in [0.1, 0.15) is 5.56 Å². The van der Waals surface area contributed by atoms with Gasteiger partial charge >= 0.3 is 0 Å². The Bertz CT molecular complexity index is 339. The van der Waals surface area contributed by atoms with Gasteiger partial charge in [0.15, 0.2) is 5.72 Å². The molecule has 1 fully saturated rings. The molecule has 2 rings (SSSR count). The van der Waals surface area contributed by atoms with E-state index in [2.05, 4.69) is 5.32 Å². The van der Waals surface area contributed by atoms with E-state index in [0.717, 1.165) is 5.56 Å². The highest BCUT2D eigenvalue weighted by atomic mass is 16.5. The van der Waals surface area contributed by atoms with E-state index >= 15 is 0 Å². The van der Waals surface area contributed by atoms with Crippen LogP contribution in [0.25, 0.3) is 0 Å². The van der Waals surface area contributed by atoms with Gasteiger partial charge in [-0.05, 0) is 0 Å². The summed E-state index contributed by atoms with van der Waals surface area (Å²) in [7, 11) is 0. The molecule has 14 heavy (non-hydrogen) atoms. The summed E-state index contributed by atoms with van der Waals surface area (Å²) < 4.78 is 5.40. The summed E-state index contributed by atoms with van der Waals surface area (Å²) in [5.74, 6) is -0.126. The molecule has 1 amide bonds. The first kappa shape index (κ1) is 9.18. The smallest absolute Gasteiger partial charge is 0.248 e. The standard InChI is InChI=1S/C10H12N2O2/c11-7-10(12-9(13)6-14-10)8-4-2-1-3-5-8/h1-5H,6-7,11H2,(H,12,13). The number of ether oxygens (including phenoxy) is 1. The molecule has 1 aliphatic rings. The first-order valence-electron chi connectivity index (χ1n) is 4.47. The van der Waals surface area contributed by atoms with Gasteiger partial charge in [0.05, 0.1) is 0 Å².